The molecular weight excluding hydrogens is 324 g/mol. The molecule has 1 atom stereocenters. The van der Waals surface area contributed by atoms with Crippen LogP contribution in [-0.4, -0.2) is 41.6 Å². The van der Waals surface area contributed by atoms with E-state index >= 15 is 0 Å². The van der Waals surface area contributed by atoms with Gasteiger partial charge in [-0.25, -0.2) is 0 Å². The standard InChI is InChI=1S/C22H26N2O2/c1-17-14-20(15-23-18(17)2)22(25)24(16-21-11-7-13-26-21)12-6-10-19-8-4-3-5-9-19/h3-6,8-10,14-15,21H,7,11-13,16H2,1-2H3. The van der Waals surface area contributed by atoms with E-state index in [1.807, 2.05) is 49.1 Å². The number of nitrogens with zero attached hydrogens (tertiary/aromatic N) is 2. The van der Waals surface area contributed by atoms with E-state index in [1.165, 1.54) is 0 Å². The van der Waals surface area contributed by atoms with Crippen molar-refractivity contribution >= 4 is 12.0 Å². The summed E-state index contributed by atoms with van der Waals surface area (Å²) in [4.78, 5) is 19.2. The van der Waals surface area contributed by atoms with Crippen LogP contribution >= 0.6 is 0 Å². The minimum Gasteiger partial charge on any atom is -0.376 e. The molecule has 0 aliphatic carbocycles. The van der Waals surface area contributed by atoms with Crippen LogP contribution in [0.5, 0.6) is 0 Å². The number of amides is 1. The summed E-state index contributed by atoms with van der Waals surface area (Å²) in [7, 11) is 0. The van der Waals surface area contributed by atoms with Crippen LogP contribution in [0.1, 0.15) is 40.0 Å². The van der Waals surface area contributed by atoms with Crippen molar-refractivity contribution in [2.75, 3.05) is 19.7 Å². The van der Waals surface area contributed by atoms with Crippen molar-refractivity contribution < 1.29 is 9.53 Å². The van der Waals surface area contributed by atoms with Gasteiger partial charge in [-0.3, -0.25) is 9.78 Å². The topological polar surface area (TPSA) is 42.4 Å². The summed E-state index contributed by atoms with van der Waals surface area (Å²) in [5.41, 5.74) is 3.76. The predicted molar refractivity (Wildman–Crippen MR) is 104 cm³/mol. The lowest BCUT2D eigenvalue weighted by atomic mass is 10.1. The number of ether oxygens (including phenoxy) is 1. The minimum absolute atomic E-state index is 0.00816. The Kier molecular flexibility index (Phi) is 6.18. The number of aryl methyl sites for hydroxylation is 2. The van der Waals surface area contributed by atoms with Gasteiger partial charge in [0.1, 0.15) is 0 Å². The molecule has 1 saturated heterocycles. The van der Waals surface area contributed by atoms with Gasteiger partial charge in [-0.2, -0.15) is 0 Å². The maximum absolute atomic E-state index is 13.0. The first kappa shape index (κ1) is 18.3. The quantitative estimate of drug-likeness (QED) is 0.790. The average molecular weight is 350 g/mol. The van der Waals surface area contributed by atoms with Crippen LogP contribution in [-0.2, 0) is 4.74 Å². The predicted octanol–water partition coefficient (Wildman–Crippen LogP) is 4.03. The lowest BCUT2D eigenvalue weighted by Gasteiger charge is -2.24. The molecule has 0 radical (unpaired) electrons. The highest BCUT2D eigenvalue weighted by Gasteiger charge is 2.23. The van der Waals surface area contributed by atoms with Crippen molar-refractivity contribution in [3.8, 4) is 0 Å². The first-order chi connectivity index (χ1) is 12.6. The molecule has 1 fully saturated rings. The van der Waals surface area contributed by atoms with Gasteiger partial charge in [-0.05, 0) is 43.9 Å². The van der Waals surface area contributed by atoms with E-state index in [-0.39, 0.29) is 12.0 Å². The van der Waals surface area contributed by atoms with Gasteiger partial charge >= 0.3 is 0 Å². The third-order valence-corrected chi connectivity index (χ3v) is 4.76. The van der Waals surface area contributed by atoms with E-state index in [1.54, 1.807) is 6.20 Å². The van der Waals surface area contributed by atoms with E-state index in [4.69, 9.17) is 4.74 Å². The fourth-order valence-electron chi connectivity index (χ4n) is 3.10. The molecule has 1 aromatic carbocycles. The van der Waals surface area contributed by atoms with Crippen LogP contribution in [0.25, 0.3) is 6.08 Å². The normalized spacial score (nSPS) is 16.9. The van der Waals surface area contributed by atoms with E-state index in [2.05, 4.69) is 23.2 Å². The molecule has 4 nitrogen and oxygen atoms in total. The van der Waals surface area contributed by atoms with Gasteiger partial charge in [0.05, 0.1) is 11.7 Å². The Balaban J connectivity index is 1.74. The van der Waals surface area contributed by atoms with Gasteiger partial charge in [0.2, 0.25) is 0 Å². The van der Waals surface area contributed by atoms with Crippen LogP contribution in [0.3, 0.4) is 0 Å². The zero-order chi connectivity index (χ0) is 18.4. The molecule has 1 amide bonds. The third kappa shape index (κ3) is 4.79. The molecule has 2 aromatic rings. The van der Waals surface area contributed by atoms with Gasteiger partial charge < -0.3 is 9.64 Å². The largest absolute Gasteiger partial charge is 0.376 e. The maximum atomic E-state index is 13.0. The van der Waals surface area contributed by atoms with Crippen molar-refractivity contribution in [3.63, 3.8) is 0 Å². The Morgan fingerprint density at radius 1 is 1.31 bits per heavy atom. The Morgan fingerprint density at radius 3 is 2.81 bits per heavy atom. The van der Waals surface area contributed by atoms with Crippen molar-refractivity contribution in [1.82, 2.24) is 9.88 Å². The number of pyridine rings is 1. The van der Waals surface area contributed by atoms with E-state index in [0.29, 0.717) is 18.7 Å². The number of carbonyl (C=O) groups is 1. The third-order valence-electron chi connectivity index (χ3n) is 4.76. The molecule has 0 N–H and O–H groups in total. The second-order valence-corrected chi connectivity index (χ2v) is 6.78. The van der Waals surface area contributed by atoms with Crippen molar-refractivity contribution in [2.24, 2.45) is 0 Å². The van der Waals surface area contributed by atoms with Crippen molar-refractivity contribution in [1.29, 1.82) is 0 Å². The minimum atomic E-state index is 0.00816. The van der Waals surface area contributed by atoms with Gasteiger partial charge in [-0.15, -0.1) is 0 Å². The fraction of sp³-hybridized carbons (Fsp3) is 0.364. The molecule has 136 valence electrons. The first-order valence-corrected chi connectivity index (χ1v) is 9.19. The zero-order valence-electron chi connectivity index (χ0n) is 15.5. The Labute approximate surface area is 155 Å². The van der Waals surface area contributed by atoms with Crippen LogP contribution in [0.2, 0.25) is 0 Å². The second kappa shape index (κ2) is 8.77. The van der Waals surface area contributed by atoms with Crippen LogP contribution in [0.4, 0.5) is 0 Å². The fourth-order valence-corrected chi connectivity index (χ4v) is 3.10. The molecule has 0 bridgehead atoms. The van der Waals surface area contributed by atoms with Crippen LogP contribution in [0.15, 0.2) is 48.7 Å². The molecule has 1 aliphatic heterocycles. The Hall–Kier alpha value is -2.46. The number of aromatic nitrogens is 1. The molecular formula is C22H26N2O2. The molecule has 4 heteroatoms. The summed E-state index contributed by atoms with van der Waals surface area (Å²) in [5.74, 6) is 0.00816. The van der Waals surface area contributed by atoms with Crippen molar-refractivity contribution in [3.05, 3.63) is 71.1 Å². The summed E-state index contributed by atoms with van der Waals surface area (Å²) in [6.45, 7) is 5.90. The van der Waals surface area contributed by atoms with E-state index < -0.39 is 0 Å². The van der Waals surface area contributed by atoms with Gasteiger partial charge in [0.15, 0.2) is 0 Å². The number of benzene rings is 1. The Morgan fingerprint density at radius 2 is 2.12 bits per heavy atom. The number of hydrogen-bond acceptors (Lipinski definition) is 3. The number of rotatable bonds is 6. The number of hydrogen-bond donors (Lipinski definition) is 0. The summed E-state index contributed by atoms with van der Waals surface area (Å²) in [6.07, 6.45) is 7.97. The molecule has 26 heavy (non-hydrogen) atoms. The second-order valence-electron chi connectivity index (χ2n) is 6.78. The van der Waals surface area contributed by atoms with E-state index in [9.17, 15) is 4.79 Å². The first-order valence-electron chi connectivity index (χ1n) is 9.19. The van der Waals surface area contributed by atoms with Crippen molar-refractivity contribution in [2.45, 2.75) is 32.8 Å². The average Bonchev–Trinajstić information content (AvgIpc) is 3.16. The lowest BCUT2D eigenvalue weighted by molar-refractivity contribution is 0.0553. The van der Waals surface area contributed by atoms with E-state index in [0.717, 1.165) is 36.3 Å². The molecule has 2 heterocycles. The molecule has 0 saturated carbocycles. The van der Waals surface area contributed by atoms with Gasteiger partial charge in [-0.1, -0.05) is 42.5 Å². The van der Waals surface area contributed by atoms with Gasteiger partial charge in [0, 0.05) is 31.6 Å². The maximum Gasteiger partial charge on any atom is 0.255 e. The van der Waals surface area contributed by atoms with Gasteiger partial charge in [0.25, 0.3) is 5.91 Å². The smallest absolute Gasteiger partial charge is 0.255 e. The monoisotopic (exact) mass is 350 g/mol. The number of carbonyl (C=O) groups excluding carboxylic acids is 1. The zero-order valence-corrected chi connectivity index (χ0v) is 15.5. The highest BCUT2D eigenvalue weighted by Crippen LogP contribution is 2.16. The lowest BCUT2D eigenvalue weighted by Crippen LogP contribution is -2.37. The molecule has 3 rings (SSSR count). The highest BCUT2D eigenvalue weighted by molar-refractivity contribution is 5.94. The van der Waals surface area contributed by atoms with Crippen LogP contribution in [0, 0.1) is 13.8 Å². The van der Waals surface area contributed by atoms with Crippen LogP contribution < -0.4 is 0 Å². The Bertz CT molecular complexity index is 765. The molecule has 1 aromatic heterocycles. The molecule has 0 spiro atoms. The molecule has 1 unspecified atom stereocenters. The summed E-state index contributed by atoms with van der Waals surface area (Å²) in [5, 5.41) is 0. The SMILES string of the molecule is Cc1cc(C(=O)N(CC=Cc2ccccc2)CC2CCCO2)cnc1C. The summed E-state index contributed by atoms with van der Waals surface area (Å²) in [6, 6.07) is 12.0. The summed E-state index contributed by atoms with van der Waals surface area (Å²) < 4.78 is 5.74. The highest BCUT2D eigenvalue weighted by atomic mass is 16.5. The summed E-state index contributed by atoms with van der Waals surface area (Å²) >= 11 is 0. The molecule has 1 aliphatic rings.